The fourth-order valence-corrected chi connectivity index (χ4v) is 2.44. The molecule has 0 heterocycles. The van der Waals surface area contributed by atoms with Crippen LogP contribution in [0.25, 0.3) is 0 Å². The van der Waals surface area contributed by atoms with Crippen LogP contribution in [0.1, 0.15) is 22.1 Å². The molecular weight excluding hydrogens is 315 g/mol. The summed E-state index contributed by atoms with van der Waals surface area (Å²) in [6.45, 7) is 1.49. The van der Waals surface area contributed by atoms with Gasteiger partial charge in [-0.05, 0) is 36.2 Å². The molecule has 6 heteroatoms. The molecule has 0 amide bonds. The SMILES string of the molecule is Cc1cc(C(Cl)c2ccc(F)c(F)c2F)c(Cl)cc1F. The molecule has 20 heavy (non-hydrogen) atoms. The van der Waals surface area contributed by atoms with E-state index in [9.17, 15) is 17.6 Å². The fraction of sp³-hybridized carbons (Fsp3) is 0.143. The molecule has 1 unspecified atom stereocenters. The maximum atomic E-state index is 13.7. The van der Waals surface area contributed by atoms with Crippen LogP contribution in [0.5, 0.6) is 0 Å². The number of benzene rings is 2. The molecule has 0 N–H and O–H groups in total. The van der Waals surface area contributed by atoms with Crippen molar-refractivity contribution in [2.75, 3.05) is 0 Å². The third kappa shape index (κ3) is 2.63. The number of aryl methyl sites for hydroxylation is 1. The Kier molecular flexibility index (Phi) is 4.25. The Morgan fingerprint density at radius 1 is 0.900 bits per heavy atom. The third-order valence-electron chi connectivity index (χ3n) is 2.89. The Hall–Kier alpha value is -1.26. The highest BCUT2D eigenvalue weighted by atomic mass is 35.5. The van der Waals surface area contributed by atoms with Gasteiger partial charge in [-0.3, -0.25) is 0 Å². The van der Waals surface area contributed by atoms with Crippen molar-refractivity contribution >= 4 is 23.2 Å². The summed E-state index contributed by atoms with van der Waals surface area (Å²) in [5.41, 5.74) is 0.216. The van der Waals surface area contributed by atoms with Gasteiger partial charge in [0.25, 0.3) is 0 Å². The van der Waals surface area contributed by atoms with Crippen molar-refractivity contribution in [2.24, 2.45) is 0 Å². The minimum Gasteiger partial charge on any atom is -0.207 e. The van der Waals surface area contributed by atoms with Crippen LogP contribution in [0.2, 0.25) is 5.02 Å². The fourth-order valence-electron chi connectivity index (χ4n) is 1.78. The highest BCUT2D eigenvalue weighted by Gasteiger charge is 2.23. The van der Waals surface area contributed by atoms with Crippen molar-refractivity contribution in [3.8, 4) is 0 Å². The van der Waals surface area contributed by atoms with Crippen LogP contribution in [0, 0.1) is 30.2 Å². The number of hydrogen-bond donors (Lipinski definition) is 0. The minimum atomic E-state index is -1.61. The molecule has 0 saturated heterocycles. The molecule has 0 nitrogen and oxygen atoms in total. The van der Waals surface area contributed by atoms with Crippen LogP contribution in [-0.4, -0.2) is 0 Å². The standard InChI is InChI=1S/C14H8Cl2F4/c1-6-4-8(9(15)5-11(6)18)12(16)7-2-3-10(17)14(20)13(7)19/h2-5,12H,1H3. The van der Waals surface area contributed by atoms with Crippen LogP contribution >= 0.6 is 23.2 Å². The summed E-state index contributed by atoms with van der Waals surface area (Å²) < 4.78 is 53.1. The van der Waals surface area contributed by atoms with E-state index in [1.54, 1.807) is 0 Å². The lowest BCUT2D eigenvalue weighted by atomic mass is 10.0. The molecule has 0 aliphatic carbocycles. The molecule has 0 saturated carbocycles. The van der Waals surface area contributed by atoms with Gasteiger partial charge < -0.3 is 0 Å². The minimum absolute atomic E-state index is 0.0165. The maximum absolute atomic E-state index is 13.7. The molecule has 0 aromatic heterocycles. The normalized spacial score (nSPS) is 12.6. The summed E-state index contributed by atoms with van der Waals surface area (Å²) in [7, 11) is 0. The van der Waals surface area contributed by atoms with E-state index < -0.39 is 28.6 Å². The molecular formula is C14H8Cl2F4. The molecule has 2 aromatic rings. The second-order valence-electron chi connectivity index (χ2n) is 4.25. The lowest BCUT2D eigenvalue weighted by Gasteiger charge is -2.14. The Morgan fingerprint density at radius 2 is 1.55 bits per heavy atom. The average molecular weight is 323 g/mol. The maximum Gasteiger partial charge on any atom is 0.194 e. The molecule has 2 aromatic carbocycles. The van der Waals surface area contributed by atoms with Crippen LogP contribution in [0.4, 0.5) is 17.6 Å². The van der Waals surface area contributed by atoms with E-state index in [4.69, 9.17) is 23.2 Å². The van der Waals surface area contributed by atoms with E-state index in [1.165, 1.54) is 13.0 Å². The van der Waals surface area contributed by atoms with Crippen molar-refractivity contribution < 1.29 is 17.6 Å². The van der Waals surface area contributed by atoms with Gasteiger partial charge in [-0.25, -0.2) is 17.6 Å². The first-order valence-corrected chi connectivity index (χ1v) is 6.37. The second kappa shape index (κ2) is 5.62. The van der Waals surface area contributed by atoms with Crippen LogP contribution in [-0.2, 0) is 0 Å². The Morgan fingerprint density at radius 3 is 2.20 bits per heavy atom. The van der Waals surface area contributed by atoms with E-state index in [0.717, 1.165) is 18.2 Å². The van der Waals surface area contributed by atoms with Gasteiger partial charge in [0.2, 0.25) is 0 Å². The van der Waals surface area contributed by atoms with Gasteiger partial charge >= 0.3 is 0 Å². The number of alkyl halides is 1. The van der Waals surface area contributed by atoms with Crippen LogP contribution in [0.15, 0.2) is 24.3 Å². The molecule has 1 atom stereocenters. The number of rotatable bonds is 2. The van der Waals surface area contributed by atoms with Crippen molar-refractivity contribution in [2.45, 2.75) is 12.3 Å². The zero-order valence-corrected chi connectivity index (χ0v) is 11.7. The molecule has 2 rings (SSSR count). The highest BCUT2D eigenvalue weighted by Crippen LogP contribution is 2.36. The van der Waals surface area contributed by atoms with Crippen molar-refractivity contribution in [1.29, 1.82) is 0 Å². The van der Waals surface area contributed by atoms with Crippen LogP contribution < -0.4 is 0 Å². The third-order valence-corrected chi connectivity index (χ3v) is 3.69. The topological polar surface area (TPSA) is 0 Å². The molecule has 0 fully saturated rings. The van der Waals surface area contributed by atoms with Gasteiger partial charge in [-0.1, -0.05) is 17.7 Å². The van der Waals surface area contributed by atoms with E-state index >= 15 is 0 Å². The number of hydrogen-bond acceptors (Lipinski definition) is 0. The molecule has 0 bridgehead atoms. The summed E-state index contributed by atoms with van der Waals surface area (Å²) in [5.74, 6) is -4.84. The molecule has 0 aliphatic rings. The zero-order chi connectivity index (χ0) is 15.0. The molecule has 0 spiro atoms. The lowest BCUT2D eigenvalue weighted by molar-refractivity contribution is 0.441. The van der Waals surface area contributed by atoms with E-state index in [2.05, 4.69) is 0 Å². The predicted octanol–water partition coefficient (Wildman–Crippen LogP) is 5.53. The van der Waals surface area contributed by atoms with Gasteiger partial charge in [0.15, 0.2) is 17.5 Å². The summed E-state index contributed by atoms with van der Waals surface area (Å²) in [6, 6.07) is 4.18. The Balaban J connectivity index is 2.55. The van der Waals surface area contributed by atoms with E-state index in [0.29, 0.717) is 0 Å². The van der Waals surface area contributed by atoms with E-state index in [-0.39, 0.29) is 21.7 Å². The van der Waals surface area contributed by atoms with Gasteiger partial charge in [0, 0.05) is 10.6 Å². The van der Waals surface area contributed by atoms with Gasteiger partial charge in [0.1, 0.15) is 5.82 Å². The molecule has 106 valence electrons. The lowest BCUT2D eigenvalue weighted by Crippen LogP contribution is -2.03. The predicted molar refractivity (Wildman–Crippen MR) is 70.2 cm³/mol. The monoisotopic (exact) mass is 322 g/mol. The zero-order valence-electron chi connectivity index (χ0n) is 10.2. The summed E-state index contributed by atoms with van der Waals surface area (Å²) in [6.07, 6.45) is 0. The van der Waals surface area contributed by atoms with Crippen LogP contribution in [0.3, 0.4) is 0 Å². The summed E-state index contributed by atoms with van der Waals surface area (Å²) in [4.78, 5) is 0. The van der Waals surface area contributed by atoms with Gasteiger partial charge in [-0.15, -0.1) is 11.6 Å². The quantitative estimate of drug-likeness (QED) is 0.387. The van der Waals surface area contributed by atoms with Crippen molar-refractivity contribution in [3.63, 3.8) is 0 Å². The average Bonchev–Trinajstić information content (AvgIpc) is 2.40. The first kappa shape index (κ1) is 15.1. The van der Waals surface area contributed by atoms with Gasteiger partial charge in [-0.2, -0.15) is 0 Å². The van der Waals surface area contributed by atoms with E-state index in [1.807, 2.05) is 0 Å². The first-order chi connectivity index (χ1) is 9.32. The smallest absolute Gasteiger partial charge is 0.194 e. The Labute approximate surface area is 122 Å². The molecule has 0 aliphatic heterocycles. The summed E-state index contributed by atoms with van der Waals surface area (Å²) >= 11 is 11.9. The number of halogens is 6. The van der Waals surface area contributed by atoms with Gasteiger partial charge in [0.05, 0.1) is 5.38 Å². The second-order valence-corrected chi connectivity index (χ2v) is 5.09. The largest absolute Gasteiger partial charge is 0.207 e. The van der Waals surface area contributed by atoms with Crippen molar-refractivity contribution in [3.05, 3.63) is 69.2 Å². The summed E-state index contributed by atoms with van der Waals surface area (Å²) in [5, 5.41) is -1.17. The highest BCUT2D eigenvalue weighted by molar-refractivity contribution is 6.33. The molecule has 0 radical (unpaired) electrons. The Bertz CT molecular complexity index is 669. The first-order valence-electron chi connectivity index (χ1n) is 5.56. The van der Waals surface area contributed by atoms with Crippen molar-refractivity contribution in [1.82, 2.24) is 0 Å².